The molecule has 0 saturated carbocycles. The standard InChI is InChI=1S/C13H24O5/c1-6-18-13(17,9(2)3)12(16,7-10(4)14)8-11(5)15/h9,16-17H,6-8H2,1-5H3. The van der Waals surface area contributed by atoms with E-state index in [9.17, 15) is 19.8 Å². The fraction of sp³-hybridized carbons (Fsp3) is 0.846. The molecule has 0 rings (SSSR count). The van der Waals surface area contributed by atoms with E-state index in [-0.39, 0.29) is 31.0 Å². The van der Waals surface area contributed by atoms with Crippen molar-refractivity contribution in [2.75, 3.05) is 6.61 Å². The van der Waals surface area contributed by atoms with Gasteiger partial charge in [-0.2, -0.15) is 0 Å². The van der Waals surface area contributed by atoms with E-state index >= 15 is 0 Å². The molecule has 0 amide bonds. The van der Waals surface area contributed by atoms with Crippen LogP contribution in [0, 0.1) is 5.92 Å². The predicted molar refractivity (Wildman–Crippen MR) is 67.0 cm³/mol. The van der Waals surface area contributed by atoms with Crippen molar-refractivity contribution in [2.24, 2.45) is 5.92 Å². The Hall–Kier alpha value is -0.780. The van der Waals surface area contributed by atoms with Gasteiger partial charge >= 0.3 is 0 Å². The number of aliphatic hydroxyl groups is 2. The van der Waals surface area contributed by atoms with Gasteiger partial charge in [-0.15, -0.1) is 0 Å². The van der Waals surface area contributed by atoms with E-state index in [1.807, 2.05) is 0 Å². The summed E-state index contributed by atoms with van der Waals surface area (Å²) in [4.78, 5) is 22.6. The number of hydrogen-bond acceptors (Lipinski definition) is 5. The molecule has 0 aromatic heterocycles. The number of carbonyl (C=O) groups excluding carboxylic acids is 2. The van der Waals surface area contributed by atoms with Crippen LogP contribution in [-0.2, 0) is 14.3 Å². The highest BCUT2D eigenvalue weighted by atomic mass is 16.6. The maximum absolute atomic E-state index is 11.3. The molecule has 1 atom stereocenters. The van der Waals surface area contributed by atoms with Crippen LogP contribution >= 0.6 is 0 Å². The SMILES string of the molecule is CCOC(O)(C(C)C)C(O)(CC(C)=O)CC(C)=O. The van der Waals surface area contributed by atoms with Crippen molar-refractivity contribution in [3.63, 3.8) is 0 Å². The van der Waals surface area contributed by atoms with Gasteiger partial charge in [0.05, 0.1) is 0 Å². The van der Waals surface area contributed by atoms with E-state index in [1.165, 1.54) is 13.8 Å². The molecule has 0 saturated heterocycles. The van der Waals surface area contributed by atoms with Crippen LogP contribution < -0.4 is 0 Å². The molecule has 5 nitrogen and oxygen atoms in total. The lowest BCUT2D eigenvalue weighted by Gasteiger charge is -2.44. The molecule has 1 unspecified atom stereocenters. The quantitative estimate of drug-likeness (QED) is 0.637. The molecule has 0 aromatic carbocycles. The van der Waals surface area contributed by atoms with E-state index in [4.69, 9.17) is 4.74 Å². The number of Topliss-reactive ketones (excluding diaryl/α,β-unsaturated/α-hetero) is 2. The molecule has 18 heavy (non-hydrogen) atoms. The summed E-state index contributed by atoms with van der Waals surface area (Å²) in [7, 11) is 0. The van der Waals surface area contributed by atoms with Crippen molar-refractivity contribution in [2.45, 2.75) is 58.8 Å². The smallest absolute Gasteiger partial charge is 0.198 e. The first-order chi connectivity index (χ1) is 8.09. The Balaban J connectivity index is 5.47. The zero-order valence-electron chi connectivity index (χ0n) is 11.8. The lowest BCUT2D eigenvalue weighted by Crippen LogP contribution is -2.60. The summed E-state index contributed by atoms with van der Waals surface area (Å²) in [5, 5.41) is 21.1. The van der Waals surface area contributed by atoms with Gasteiger partial charge in [-0.1, -0.05) is 13.8 Å². The van der Waals surface area contributed by atoms with Gasteiger partial charge < -0.3 is 14.9 Å². The van der Waals surface area contributed by atoms with Crippen LogP contribution in [0.2, 0.25) is 0 Å². The van der Waals surface area contributed by atoms with Crippen LogP contribution in [0.1, 0.15) is 47.5 Å². The number of ketones is 2. The summed E-state index contributed by atoms with van der Waals surface area (Å²) in [5.74, 6) is -2.99. The first-order valence-corrected chi connectivity index (χ1v) is 6.16. The molecule has 0 aliphatic carbocycles. The topological polar surface area (TPSA) is 83.8 Å². The molecule has 0 spiro atoms. The first-order valence-electron chi connectivity index (χ1n) is 6.16. The van der Waals surface area contributed by atoms with Gasteiger partial charge in [0.1, 0.15) is 17.2 Å². The second kappa shape index (κ2) is 6.41. The molecule has 0 aliphatic heterocycles. The summed E-state index contributed by atoms with van der Waals surface area (Å²) in [6.45, 7) is 7.79. The molecule has 0 aromatic rings. The Morgan fingerprint density at radius 1 is 1.11 bits per heavy atom. The Kier molecular flexibility index (Phi) is 6.13. The van der Waals surface area contributed by atoms with Crippen LogP contribution in [0.3, 0.4) is 0 Å². The normalized spacial score (nSPS) is 15.6. The summed E-state index contributed by atoms with van der Waals surface area (Å²) in [6, 6.07) is 0. The highest BCUT2D eigenvalue weighted by Crippen LogP contribution is 2.37. The summed E-state index contributed by atoms with van der Waals surface area (Å²) >= 11 is 0. The molecule has 0 fully saturated rings. The summed E-state index contributed by atoms with van der Waals surface area (Å²) < 4.78 is 5.26. The third-order valence-electron chi connectivity index (χ3n) is 2.90. The minimum Gasteiger partial charge on any atom is -0.383 e. The maximum Gasteiger partial charge on any atom is 0.198 e. The highest BCUT2D eigenvalue weighted by molar-refractivity contribution is 5.81. The monoisotopic (exact) mass is 260 g/mol. The summed E-state index contributed by atoms with van der Waals surface area (Å²) in [6.07, 6.45) is -0.636. The van der Waals surface area contributed by atoms with Crippen LogP contribution in [0.15, 0.2) is 0 Å². The van der Waals surface area contributed by atoms with Gasteiger partial charge in [-0.25, -0.2) is 0 Å². The second-order valence-electron chi connectivity index (χ2n) is 5.07. The van der Waals surface area contributed by atoms with Crippen molar-refractivity contribution < 1.29 is 24.5 Å². The molecule has 5 heteroatoms. The van der Waals surface area contributed by atoms with E-state index in [2.05, 4.69) is 0 Å². The number of rotatable bonds is 8. The van der Waals surface area contributed by atoms with Gasteiger partial charge in [0.25, 0.3) is 0 Å². The molecule has 2 N–H and O–H groups in total. The first kappa shape index (κ1) is 17.2. The maximum atomic E-state index is 11.3. The number of carbonyl (C=O) groups is 2. The van der Waals surface area contributed by atoms with E-state index in [0.717, 1.165) is 0 Å². The van der Waals surface area contributed by atoms with Crippen molar-refractivity contribution >= 4 is 11.6 Å². The van der Waals surface area contributed by atoms with Gasteiger partial charge in [0.2, 0.25) is 0 Å². The van der Waals surface area contributed by atoms with E-state index in [0.29, 0.717) is 0 Å². The lowest BCUT2D eigenvalue weighted by molar-refractivity contribution is -0.318. The average Bonchev–Trinajstić information content (AvgIpc) is 2.14. The zero-order valence-corrected chi connectivity index (χ0v) is 11.8. The van der Waals surface area contributed by atoms with Gasteiger partial charge in [-0.3, -0.25) is 9.59 Å². The third kappa shape index (κ3) is 3.86. The average molecular weight is 260 g/mol. The van der Waals surface area contributed by atoms with Crippen LogP contribution in [0.4, 0.5) is 0 Å². The van der Waals surface area contributed by atoms with Crippen LogP contribution in [0.5, 0.6) is 0 Å². The number of hydrogen-bond donors (Lipinski definition) is 2. The Morgan fingerprint density at radius 3 is 1.72 bits per heavy atom. The molecule has 0 radical (unpaired) electrons. The molecule has 106 valence electrons. The number of ether oxygens (including phenoxy) is 1. The Bertz CT molecular complexity index is 295. The van der Waals surface area contributed by atoms with Crippen molar-refractivity contribution in [3.05, 3.63) is 0 Å². The fourth-order valence-electron chi connectivity index (χ4n) is 2.20. The minimum absolute atomic E-state index is 0.173. The van der Waals surface area contributed by atoms with Gasteiger partial charge in [0.15, 0.2) is 5.79 Å². The van der Waals surface area contributed by atoms with Crippen LogP contribution in [-0.4, -0.2) is 39.8 Å². The molecular weight excluding hydrogens is 236 g/mol. The van der Waals surface area contributed by atoms with Crippen molar-refractivity contribution in [3.8, 4) is 0 Å². The molecule has 0 bridgehead atoms. The van der Waals surface area contributed by atoms with Crippen molar-refractivity contribution in [1.29, 1.82) is 0 Å². The highest BCUT2D eigenvalue weighted by Gasteiger charge is 2.53. The van der Waals surface area contributed by atoms with Crippen molar-refractivity contribution in [1.82, 2.24) is 0 Å². The molecule has 0 aliphatic rings. The van der Waals surface area contributed by atoms with E-state index in [1.54, 1.807) is 20.8 Å². The summed E-state index contributed by atoms with van der Waals surface area (Å²) in [5.41, 5.74) is -1.89. The second-order valence-corrected chi connectivity index (χ2v) is 5.07. The Labute approximate surface area is 108 Å². The molecule has 0 heterocycles. The Morgan fingerprint density at radius 2 is 1.50 bits per heavy atom. The zero-order chi connectivity index (χ0) is 14.6. The van der Waals surface area contributed by atoms with Gasteiger partial charge in [0, 0.05) is 25.4 Å². The lowest BCUT2D eigenvalue weighted by atomic mass is 9.78. The molecular formula is C13H24O5. The largest absolute Gasteiger partial charge is 0.383 e. The third-order valence-corrected chi connectivity index (χ3v) is 2.90. The van der Waals surface area contributed by atoms with Gasteiger partial charge in [-0.05, 0) is 20.8 Å². The van der Waals surface area contributed by atoms with E-state index < -0.39 is 17.3 Å². The van der Waals surface area contributed by atoms with Crippen LogP contribution in [0.25, 0.3) is 0 Å². The fourth-order valence-corrected chi connectivity index (χ4v) is 2.20. The predicted octanol–water partition coefficient (Wildman–Crippen LogP) is 1.06. The minimum atomic E-state index is -1.92.